The second kappa shape index (κ2) is 4.13. The molecular formula is C14H14N2O4. The first kappa shape index (κ1) is 11.6. The predicted molar refractivity (Wildman–Crippen MR) is 69.8 cm³/mol. The Morgan fingerprint density at radius 1 is 1.15 bits per heavy atom. The lowest BCUT2D eigenvalue weighted by atomic mass is 10.0. The van der Waals surface area contributed by atoms with Gasteiger partial charge in [-0.3, -0.25) is 4.79 Å². The number of ether oxygens (including phenoxy) is 2. The fourth-order valence-corrected chi connectivity index (χ4v) is 3.10. The summed E-state index contributed by atoms with van der Waals surface area (Å²) >= 11 is 0. The van der Waals surface area contributed by atoms with E-state index in [0.29, 0.717) is 23.7 Å². The smallest absolute Gasteiger partial charge is 0.332 e. The normalized spacial score (nSPS) is 24.3. The van der Waals surface area contributed by atoms with Crippen molar-refractivity contribution < 1.29 is 19.1 Å². The summed E-state index contributed by atoms with van der Waals surface area (Å²) in [7, 11) is 0. The van der Waals surface area contributed by atoms with Gasteiger partial charge in [-0.1, -0.05) is 6.07 Å². The summed E-state index contributed by atoms with van der Waals surface area (Å²) in [5.41, 5.74) is 0.490. The Kier molecular flexibility index (Phi) is 2.39. The van der Waals surface area contributed by atoms with Gasteiger partial charge < -0.3 is 14.4 Å². The van der Waals surface area contributed by atoms with Crippen molar-refractivity contribution in [3.63, 3.8) is 0 Å². The molecule has 2 fully saturated rings. The molecule has 2 saturated heterocycles. The average Bonchev–Trinajstić information content (AvgIpc) is 3.04. The molecule has 0 N–H and O–H groups in total. The molecule has 6 heteroatoms. The van der Waals surface area contributed by atoms with Crippen molar-refractivity contribution in [1.29, 1.82) is 0 Å². The molecule has 0 spiro atoms. The molecule has 6 nitrogen and oxygen atoms in total. The number of hydrogen-bond acceptors (Lipinski definition) is 4. The van der Waals surface area contributed by atoms with Gasteiger partial charge in [0.1, 0.15) is 6.04 Å². The van der Waals surface area contributed by atoms with Crippen molar-refractivity contribution in [2.24, 2.45) is 0 Å². The molecule has 3 aliphatic rings. The molecule has 4 rings (SSSR count). The highest BCUT2D eigenvalue weighted by atomic mass is 16.7. The lowest BCUT2D eigenvalue weighted by Crippen LogP contribution is -2.39. The minimum atomic E-state index is -0.311. The lowest BCUT2D eigenvalue weighted by molar-refractivity contribution is -0.120. The van der Waals surface area contributed by atoms with E-state index < -0.39 is 0 Å². The minimum absolute atomic E-state index is 0.121. The van der Waals surface area contributed by atoms with Crippen molar-refractivity contribution >= 4 is 17.6 Å². The van der Waals surface area contributed by atoms with E-state index in [0.717, 1.165) is 19.3 Å². The SMILES string of the molecule is O=C1C2CCCCN2C(=O)N1c1cccc2c1OCO2. The predicted octanol–water partition coefficient (Wildman–Crippen LogP) is 1.74. The molecule has 1 aromatic rings. The fourth-order valence-electron chi connectivity index (χ4n) is 3.10. The first-order chi connectivity index (χ1) is 9.77. The summed E-state index contributed by atoms with van der Waals surface area (Å²) in [5, 5.41) is 0. The number of anilines is 1. The number of imide groups is 1. The van der Waals surface area contributed by atoms with E-state index in [2.05, 4.69) is 0 Å². The highest BCUT2D eigenvalue weighted by molar-refractivity contribution is 6.22. The number of piperidine rings is 1. The standard InChI is InChI=1S/C14H14N2O4/c17-13-10-4-1-2-7-15(10)14(18)16(13)9-5-3-6-11-12(9)20-8-19-11/h3,5-6,10H,1-2,4,7-8H2. The van der Waals surface area contributed by atoms with Gasteiger partial charge in [0.15, 0.2) is 11.5 Å². The van der Waals surface area contributed by atoms with Crippen molar-refractivity contribution in [3.05, 3.63) is 18.2 Å². The summed E-state index contributed by atoms with van der Waals surface area (Å²) in [4.78, 5) is 27.9. The summed E-state index contributed by atoms with van der Waals surface area (Å²) in [5.74, 6) is 0.903. The van der Waals surface area contributed by atoms with Crippen molar-refractivity contribution in [2.45, 2.75) is 25.3 Å². The van der Waals surface area contributed by atoms with E-state index >= 15 is 0 Å². The third-order valence-corrected chi connectivity index (χ3v) is 4.06. The van der Waals surface area contributed by atoms with Crippen LogP contribution in [0.3, 0.4) is 0 Å². The molecule has 1 unspecified atom stereocenters. The second-order valence-corrected chi connectivity index (χ2v) is 5.17. The number of amides is 3. The van der Waals surface area contributed by atoms with Crippen LogP contribution < -0.4 is 14.4 Å². The van der Waals surface area contributed by atoms with Crippen LogP contribution in [-0.4, -0.2) is 36.2 Å². The minimum Gasteiger partial charge on any atom is -0.454 e. The van der Waals surface area contributed by atoms with E-state index in [4.69, 9.17) is 9.47 Å². The number of nitrogens with zero attached hydrogens (tertiary/aromatic N) is 2. The van der Waals surface area contributed by atoms with Crippen LogP contribution in [-0.2, 0) is 4.79 Å². The highest BCUT2D eigenvalue weighted by Crippen LogP contribution is 2.43. The molecule has 0 aliphatic carbocycles. The van der Waals surface area contributed by atoms with Gasteiger partial charge in [0.25, 0.3) is 5.91 Å². The van der Waals surface area contributed by atoms with E-state index in [1.165, 1.54) is 4.90 Å². The molecule has 1 aromatic carbocycles. The molecule has 0 bridgehead atoms. The highest BCUT2D eigenvalue weighted by Gasteiger charge is 2.47. The third-order valence-electron chi connectivity index (χ3n) is 4.06. The van der Waals surface area contributed by atoms with Crippen molar-refractivity contribution in [3.8, 4) is 11.5 Å². The van der Waals surface area contributed by atoms with Crippen molar-refractivity contribution in [1.82, 2.24) is 4.90 Å². The Morgan fingerprint density at radius 3 is 2.90 bits per heavy atom. The summed E-state index contributed by atoms with van der Waals surface area (Å²) in [6.07, 6.45) is 2.68. The van der Waals surface area contributed by atoms with Crippen molar-refractivity contribution in [2.75, 3.05) is 18.2 Å². The van der Waals surface area contributed by atoms with Gasteiger partial charge in [-0.15, -0.1) is 0 Å². The van der Waals surface area contributed by atoms with Crippen LogP contribution in [0.2, 0.25) is 0 Å². The van der Waals surface area contributed by atoms with Crippen LogP contribution in [0.1, 0.15) is 19.3 Å². The number of carbonyl (C=O) groups is 2. The monoisotopic (exact) mass is 274 g/mol. The molecule has 104 valence electrons. The first-order valence-corrected chi connectivity index (χ1v) is 6.80. The Balaban J connectivity index is 1.77. The van der Waals surface area contributed by atoms with E-state index in [1.807, 2.05) is 0 Å². The number of fused-ring (bicyclic) bond motifs is 2. The largest absolute Gasteiger partial charge is 0.454 e. The first-order valence-electron chi connectivity index (χ1n) is 6.80. The molecule has 0 radical (unpaired) electrons. The zero-order valence-corrected chi connectivity index (χ0v) is 10.9. The van der Waals surface area contributed by atoms with Gasteiger partial charge in [-0.05, 0) is 31.4 Å². The summed E-state index contributed by atoms with van der Waals surface area (Å²) < 4.78 is 10.7. The van der Waals surface area contributed by atoms with Crippen LogP contribution in [0, 0.1) is 0 Å². The molecule has 3 amide bonds. The van der Waals surface area contributed by atoms with Crippen LogP contribution in [0.15, 0.2) is 18.2 Å². The van der Waals surface area contributed by atoms with Gasteiger partial charge in [0.2, 0.25) is 6.79 Å². The number of rotatable bonds is 1. The Morgan fingerprint density at radius 2 is 2.05 bits per heavy atom. The maximum atomic E-state index is 12.5. The van der Waals surface area contributed by atoms with E-state index in [-0.39, 0.29) is 24.8 Å². The van der Waals surface area contributed by atoms with Crippen LogP contribution in [0.25, 0.3) is 0 Å². The lowest BCUT2D eigenvalue weighted by Gasteiger charge is -2.25. The van der Waals surface area contributed by atoms with Crippen LogP contribution >= 0.6 is 0 Å². The third kappa shape index (κ3) is 1.44. The Hall–Kier alpha value is -2.24. The van der Waals surface area contributed by atoms with Gasteiger partial charge >= 0.3 is 6.03 Å². The summed E-state index contributed by atoms with van der Waals surface area (Å²) in [6.45, 7) is 0.772. The van der Waals surface area contributed by atoms with E-state index in [1.54, 1.807) is 23.1 Å². The van der Waals surface area contributed by atoms with Gasteiger partial charge in [-0.2, -0.15) is 0 Å². The molecule has 0 aromatic heterocycles. The van der Waals surface area contributed by atoms with Crippen LogP contribution in [0.4, 0.5) is 10.5 Å². The van der Waals surface area contributed by atoms with E-state index in [9.17, 15) is 9.59 Å². The quantitative estimate of drug-likeness (QED) is 0.732. The molecule has 1 atom stereocenters. The topological polar surface area (TPSA) is 59.1 Å². The molecule has 0 saturated carbocycles. The Bertz CT molecular complexity index is 577. The molecule has 3 aliphatic heterocycles. The Labute approximate surface area is 115 Å². The number of carbonyl (C=O) groups excluding carboxylic acids is 2. The van der Waals surface area contributed by atoms with Gasteiger partial charge in [0, 0.05) is 6.54 Å². The molecular weight excluding hydrogens is 260 g/mol. The molecule has 20 heavy (non-hydrogen) atoms. The zero-order chi connectivity index (χ0) is 13.7. The maximum Gasteiger partial charge on any atom is 0.332 e. The zero-order valence-electron chi connectivity index (χ0n) is 10.9. The van der Waals surface area contributed by atoms with Crippen LogP contribution in [0.5, 0.6) is 11.5 Å². The number of para-hydroxylation sites is 1. The van der Waals surface area contributed by atoms with Gasteiger partial charge in [-0.25, -0.2) is 9.69 Å². The number of hydrogen-bond donors (Lipinski definition) is 0. The maximum absolute atomic E-state index is 12.5. The molecule has 3 heterocycles. The number of benzene rings is 1. The van der Waals surface area contributed by atoms with Gasteiger partial charge in [0.05, 0.1) is 5.69 Å². The average molecular weight is 274 g/mol. The number of urea groups is 1. The summed E-state index contributed by atoms with van der Waals surface area (Å²) in [6, 6.07) is 4.70. The fraction of sp³-hybridized carbons (Fsp3) is 0.429. The second-order valence-electron chi connectivity index (χ2n) is 5.17.